The summed E-state index contributed by atoms with van der Waals surface area (Å²) >= 11 is 0. The third-order valence-electron chi connectivity index (χ3n) is 3.62. The molecule has 2 rings (SSSR count). The van der Waals surface area contributed by atoms with Gasteiger partial charge >= 0.3 is 6.18 Å². The molecule has 24 heavy (non-hydrogen) atoms. The SMILES string of the molecule is Cc1ccnn1CCC(=O)NCCCn1nc(C(F)(F)F)cc1C. The molecule has 1 amide bonds. The summed E-state index contributed by atoms with van der Waals surface area (Å²) in [6, 6.07) is 2.88. The van der Waals surface area contributed by atoms with Crippen LogP contribution in [-0.4, -0.2) is 32.0 Å². The zero-order valence-corrected chi connectivity index (χ0v) is 13.6. The summed E-state index contributed by atoms with van der Waals surface area (Å²) in [5.74, 6) is -0.113. The lowest BCUT2D eigenvalue weighted by molar-refractivity contribution is -0.141. The van der Waals surface area contributed by atoms with E-state index in [4.69, 9.17) is 0 Å². The fourth-order valence-corrected chi connectivity index (χ4v) is 2.26. The Kier molecular flexibility index (Phi) is 5.63. The molecule has 0 aliphatic heterocycles. The van der Waals surface area contributed by atoms with Gasteiger partial charge in [0.1, 0.15) is 0 Å². The monoisotopic (exact) mass is 343 g/mol. The Morgan fingerprint density at radius 3 is 2.54 bits per heavy atom. The third kappa shape index (κ3) is 4.84. The highest BCUT2D eigenvalue weighted by Crippen LogP contribution is 2.28. The highest BCUT2D eigenvalue weighted by atomic mass is 19.4. The highest BCUT2D eigenvalue weighted by molar-refractivity contribution is 5.75. The van der Waals surface area contributed by atoms with Crippen LogP contribution in [0.5, 0.6) is 0 Å². The molecule has 0 radical (unpaired) electrons. The van der Waals surface area contributed by atoms with Crippen molar-refractivity contribution >= 4 is 5.91 Å². The molecule has 0 spiro atoms. The maximum atomic E-state index is 12.6. The Morgan fingerprint density at radius 1 is 1.21 bits per heavy atom. The standard InChI is InChI=1S/C15H20F3N5O/c1-11-4-7-20-22(11)9-5-14(24)19-6-3-8-23-12(2)10-13(21-23)15(16,17)18/h4,7,10H,3,5-6,8-9H2,1-2H3,(H,19,24). The largest absolute Gasteiger partial charge is 0.435 e. The predicted molar refractivity (Wildman–Crippen MR) is 81.2 cm³/mol. The molecule has 132 valence electrons. The van der Waals surface area contributed by atoms with Crippen LogP contribution in [0.15, 0.2) is 18.3 Å². The third-order valence-corrected chi connectivity index (χ3v) is 3.62. The molecule has 1 N–H and O–H groups in total. The molecule has 0 unspecified atom stereocenters. The van der Waals surface area contributed by atoms with Gasteiger partial charge in [0.05, 0.1) is 0 Å². The Balaban J connectivity index is 1.70. The van der Waals surface area contributed by atoms with Gasteiger partial charge in [-0.05, 0) is 32.4 Å². The van der Waals surface area contributed by atoms with Gasteiger partial charge < -0.3 is 5.32 Å². The summed E-state index contributed by atoms with van der Waals surface area (Å²) < 4.78 is 40.7. The minimum absolute atomic E-state index is 0.113. The number of hydrogen-bond donors (Lipinski definition) is 1. The van der Waals surface area contributed by atoms with Crippen LogP contribution in [0.25, 0.3) is 0 Å². The van der Waals surface area contributed by atoms with E-state index >= 15 is 0 Å². The topological polar surface area (TPSA) is 64.7 Å². The van der Waals surface area contributed by atoms with E-state index in [1.54, 1.807) is 17.8 Å². The summed E-state index contributed by atoms with van der Waals surface area (Å²) in [6.07, 6.45) is -1.95. The lowest BCUT2D eigenvalue weighted by atomic mass is 10.3. The van der Waals surface area contributed by atoms with E-state index in [0.717, 1.165) is 11.8 Å². The van der Waals surface area contributed by atoms with Crippen LogP contribution in [0.4, 0.5) is 13.2 Å². The maximum absolute atomic E-state index is 12.6. The van der Waals surface area contributed by atoms with Gasteiger partial charge in [-0.3, -0.25) is 14.2 Å². The van der Waals surface area contributed by atoms with Crippen molar-refractivity contribution in [1.29, 1.82) is 0 Å². The van der Waals surface area contributed by atoms with Crippen molar-refractivity contribution in [2.75, 3.05) is 6.54 Å². The molecule has 0 saturated heterocycles. The number of aromatic nitrogens is 4. The maximum Gasteiger partial charge on any atom is 0.435 e. The normalized spacial score (nSPS) is 11.7. The number of halogens is 3. The molecule has 0 aliphatic carbocycles. The van der Waals surface area contributed by atoms with Crippen LogP contribution >= 0.6 is 0 Å². The van der Waals surface area contributed by atoms with Crippen molar-refractivity contribution in [3.8, 4) is 0 Å². The van der Waals surface area contributed by atoms with Crippen molar-refractivity contribution < 1.29 is 18.0 Å². The minimum atomic E-state index is -4.44. The molecular formula is C15H20F3N5O. The van der Waals surface area contributed by atoms with Gasteiger partial charge in [0, 0.05) is 43.6 Å². The molecule has 9 heteroatoms. The first-order valence-electron chi connectivity index (χ1n) is 7.64. The summed E-state index contributed by atoms with van der Waals surface area (Å²) in [5, 5.41) is 10.4. The van der Waals surface area contributed by atoms with E-state index in [1.165, 1.54) is 4.68 Å². The molecule has 2 aromatic rings. The Hall–Kier alpha value is -2.32. The van der Waals surface area contributed by atoms with Gasteiger partial charge in [-0.1, -0.05) is 0 Å². The summed E-state index contributed by atoms with van der Waals surface area (Å²) in [6.45, 7) is 4.69. The highest BCUT2D eigenvalue weighted by Gasteiger charge is 2.34. The summed E-state index contributed by atoms with van der Waals surface area (Å²) in [5.41, 5.74) is 0.541. The first-order valence-corrected chi connectivity index (χ1v) is 7.64. The van der Waals surface area contributed by atoms with E-state index in [2.05, 4.69) is 15.5 Å². The van der Waals surface area contributed by atoms with Gasteiger partial charge in [0.15, 0.2) is 5.69 Å². The number of carbonyl (C=O) groups excluding carboxylic acids is 1. The average molecular weight is 343 g/mol. The molecule has 0 aromatic carbocycles. The van der Waals surface area contributed by atoms with Gasteiger partial charge in [-0.15, -0.1) is 0 Å². The number of nitrogens with zero attached hydrogens (tertiary/aromatic N) is 4. The molecule has 0 atom stereocenters. The Labute approximate surface area is 137 Å². The number of aryl methyl sites for hydroxylation is 4. The first-order chi connectivity index (χ1) is 11.3. The quantitative estimate of drug-likeness (QED) is 0.785. The second-order valence-electron chi connectivity index (χ2n) is 5.54. The Morgan fingerprint density at radius 2 is 1.96 bits per heavy atom. The number of rotatable bonds is 7. The second-order valence-corrected chi connectivity index (χ2v) is 5.54. The van der Waals surface area contributed by atoms with Crippen molar-refractivity contribution in [1.82, 2.24) is 24.9 Å². The molecular weight excluding hydrogens is 323 g/mol. The lowest BCUT2D eigenvalue weighted by Crippen LogP contribution is -2.26. The first kappa shape index (κ1) is 18.0. The lowest BCUT2D eigenvalue weighted by Gasteiger charge is -2.08. The molecule has 2 aromatic heterocycles. The molecule has 0 saturated carbocycles. The minimum Gasteiger partial charge on any atom is -0.356 e. The second kappa shape index (κ2) is 7.50. The Bertz CT molecular complexity index is 690. The molecule has 6 nitrogen and oxygen atoms in total. The molecule has 0 aliphatic rings. The number of alkyl halides is 3. The number of carbonyl (C=O) groups is 1. The van der Waals surface area contributed by atoms with Crippen LogP contribution in [0.2, 0.25) is 0 Å². The van der Waals surface area contributed by atoms with Gasteiger partial charge in [-0.25, -0.2) is 0 Å². The van der Waals surface area contributed by atoms with Crippen molar-refractivity contribution in [3.63, 3.8) is 0 Å². The van der Waals surface area contributed by atoms with E-state index in [9.17, 15) is 18.0 Å². The smallest absolute Gasteiger partial charge is 0.356 e. The van der Waals surface area contributed by atoms with Crippen molar-refractivity contribution in [2.45, 2.75) is 46.0 Å². The predicted octanol–water partition coefficient (Wildman–Crippen LogP) is 2.31. The van der Waals surface area contributed by atoms with Crippen LogP contribution in [0.1, 0.15) is 29.9 Å². The van der Waals surface area contributed by atoms with Crippen LogP contribution < -0.4 is 5.32 Å². The fourth-order valence-electron chi connectivity index (χ4n) is 2.26. The molecule has 0 fully saturated rings. The molecule has 2 heterocycles. The fraction of sp³-hybridized carbons (Fsp3) is 0.533. The number of hydrogen-bond acceptors (Lipinski definition) is 3. The van der Waals surface area contributed by atoms with Crippen LogP contribution in [0, 0.1) is 13.8 Å². The van der Waals surface area contributed by atoms with E-state index < -0.39 is 11.9 Å². The van der Waals surface area contributed by atoms with Crippen LogP contribution in [-0.2, 0) is 24.1 Å². The van der Waals surface area contributed by atoms with E-state index in [-0.39, 0.29) is 5.91 Å². The van der Waals surface area contributed by atoms with Crippen molar-refractivity contribution in [2.24, 2.45) is 0 Å². The summed E-state index contributed by atoms with van der Waals surface area (Å²) in [4.78, 5) is 11.7. The van der Waals surface area contributed by atoms with E-state index in [0.29, 0.717) is 38.2 Å². The summed E-state index contributed by atoms with van der Waals surface area (Å²) in [7, 11) is 0. The number of amides is 1. The van der Waals surface area contributed by atoms with Gasteiger partial charge in [0.25, 0.3) is 0 Å². The van der Waals surface area contributed by atoms with Gasteiger partial charge in [0.2, 0.25) is 5.91 Å². The average Bonchev–Trinajstić information content (AvgIpc) is 3.07. The number of nitrogens with one attached hydrogen (secondary N) is 1. The van der Waals surface area contributed by atoms with E-state index in [1.807, 2.05) is 13.0 Å². The van der Waals surface area contributed by atoms with Crippen LogP contribution in [0.3, 0.4) is 0 Å². The van der Waals surface area contributed by atoms with Crippen molar-refractivity contribution in [3.05, 3.63) is 35.4 Å². The zero-order chi connectivity index (χ0) is 17.7. The zero-order valence-electron chi connectivity index (χ0n) is 13.6. The molecule has 0 bridgehead atoms. The van der Waals surface area contributed by atoms with Gasteiger partial charge in [-0.2, -0.15) is 23.4 Å².